The molecule has 460 valence electrons. The summed E-state index contributed by atoms with van der Waals surface area (Å²) in [5.74, 6) is -0.849. The Morgan fingerprint density at radius 3 is 0.692 bits per heavy atom. The van der Waals surface area contributed by atoms with Crippen molar-refractivity contribution in [3.63, 3.8) is 0 Å². The van der Waals surface area contributed by atoms with Crippen LogP contribution < -0.4 is 0 Å². The zero-order chi connectivity index (χ0) is 56.4. The average Bonchev–Trinajstić information content (AvgIpc) is 3.44. The van der Waals surface area contributed by atoms with Gasteiger partial charge in [-0.25, -0.2) is 0 Å². The number of hydrogen-bond donors (Lipinski definition) is 0. The van der Waals surface area contributed by atoms with E-state index in [2.05, 4.69) is 45.1 Å². The molecule has 1 unspecified atom stereocenters. The van der Waals surface area contributed by atoms with Gasteiger partial charge in [0.2, 0.25) is 0 Å². The van der Waals surface area contributed by atoms with Gasteiger partial charge in [0.15, 0.2) is 6.10 Å². The fourth-order valence-electron chi connectivity index (χ4n) is 10.9. The lowest BCUT2D eigenvalue weighted by Gasteiger charge is -2.18. The molecule has 0 bridgehead atoms. The van der Waals surface area contributed by atoms with Gasteiger partial charge in [0.05, 0.1) is 0 Å². The van der Waals surface area contributed by atoms with E-state index in [1.807, 2.05) is 0 Å². The molecule has 0 amide bonds. The summed E-state index contributed by atoms with van der Waals surface area (Å²) in [5, 5.41) is 0. The predicted octanol–water partition coefficient (Wildman–Crippen LogP) is 24.2. The predicted molar refractivity (Wildman–Crippen MR) is 340 cm³/mol. The van der Waals surface area contributed by atoms with Crippen LogP contribution in [0.25, 0.3) is 0 Å². The molecule has 0 heterocycles. The average molecular weight is 1100 g/mol. The molecule has 0 aliphatic carbocycles. The van der Waals surface area contributed by atoms with Gasteiger partial charge in [0, 0.05) is 19.3 Å². The van der Waals surface area contributed by atoms with E-state index in [1.54, 1.807) is 0 Å². The van der Waals surface area contributed by atoms with Gasteiger partial charge >= 0.3 is 17.9 Å². The number of hydrogen-bond acceptors (Lipinski definition) is 6. The Morgan fingerprint density at radius 1 is 0.244 bits per heavy atom. The van der Waals surface area contributed by atoms with Crippen molar-refractivity contribution < 1.29 is 28.6 Å². The molecule has 0 aromatic rings. The maximum Gasteiger partial charge on any atom is 0.306 e. The van der Waals surface area contributed by atoms with E-state index in [9.17, 15) is 14.4 Å². The van der Waals surface area contributed by atoms with Crippen molar-refractivity contribution in [2.24, 2.45) is 0 Å². The Labute approximate surface area is 487 Å². The summed E-state index contributed by atoms with van der Waals surface area (Å²) in [6, 6.07) is 0. The third-order valence-electron chi connectivity index (χ3n) is 16.2. The minimum absolute atomic E-state index is 0.0679. The van der Waals surface area contributed by atoms with Crippen molar-refractivity contribution in [2.45, 2.75) is 406 Å². The second-order valence-corrected chi connectivity index (χ2v) is 24.1. The fraction of sp³-hybridized carbons (Fsp3) is 0.903. The van der Waals surface area contributed by atoms with Crippen molar-refractivity contribution >= 4 is 17.9 Å². The first-order valence-corrected chi connectivity index (χ1v) is 35.3. The molecule has 0 aromatic heterocycles. The van der Waals surface area contributed by atoms with Crippen LogP contribution in [0, 0.1) is 0 Å². The molecule has 0 radical (unpaired) electrons. The molecule has 0 aliphatic rings. The van der Waals surface area contributed by atoms with Crippen molar-refractivity contribution in [1.82, 2.24) is 0 Å². The summed E-state index contributed by atoms with van der Waals surface area (Å²) in [6.45, 7) is 6.65. The molecular formula is C72H136O6. The highest BCUT2D eigenvalue weighted by Crippen LogP contribution is 2.19. The Bertz CT molecular complexity index is 1260. The minimum Gasteiger partial charge on any atom is -0.462 e. The zero-order valence-electron chi connectivity index (χ0n) is 53.0. The lowest BCUT2D eigenvalue weighted by Crippen LogP contribution is -2.30. The van der Waals surface area contributed by atoms with Gasteiger partial charge in [0.25, 0.3) is 0 Å². The van der Waals surface area contributed by atoms with Gasteiger partial charge in [0.1, 0.15) is 13.2 Å². The summed E-state index contributed by atoms with van der Waals surface area (Å²) in [6.07, 6.45) is 82.3. The first kappa shape index (κ1) is 75.9. The highest BCUT2D eigenvalue weighted by atomic mass is 16.6. The van der Waals surface area contributed by atoms with Crippen LogP contribution in [-0.2, 0) is 28.6 Å². The molecule has 0 saturated heterocycles. The summed E-state index contributed by atoms with van der Waals surface area (Å²) in [7, 11) is 0. The normalized spacial score (nSPS) is 12.1. The van der Waals surface area contributed by atoms with E-state index < -0.39 is 6.10 Å². The quantitative estimate of drug-likeness (QED) is 0.0261. The molecule has 6 heteroatoms. The maximum atomic E-state index is 12.9. The van der Waals surface area contributed by atoms with Crippen molar-refractivity contribution in [3.05, 3.63) is 24.3 Å². The zero-order valence-corrected chi connectivity index (χ0v) is 53.0. The summed E-state index contributed by atoms with van der Waals surface area (Å²) in [4.78, 5) is 38.3. The Balaban J connectivity index is 4.10. The van der Waals surface area contributed by atoms with Crippen LogP contribution in [0.2, 0.25) is 0 Å². The van der Waals surface area contributed by atoms with E-state index in [0.717, 1.165) is 70.6 Å². The Morgan fingerprint density at radius 2 is 0.449 bits per heavy atom. The topological polar surface area (TPSA) is 78.9 Å². The van der Waals surface area contributed by atoms with Crippen molar-refractivity contribution in [1.29, 1.82) is 0 Å². The number of carbonyl (C=O) groups excluding carboxylic acids is 3. The molecule has 0 spiro atoms. The molecule has 0 aliphatic heterocycles. The summed E-state index contributed by atoms with van der Waals surface area (Å²) < 4.78 is 16.9. The molecular weight excluding hydrogens is 961 g/mol. The molecule has 78 heavy (non-hydrogen) atoms. The van der Waals surface area contributed by atoms with E-state index in [0.29, 0.717) is 19.3 Å². The summed E-state index contributed by atoms with van der Waals surface area (Å²) >= 11 is 0. The molecule has 0 fully saturated rings. The van der Waals surface area contributed by atoms with Gasteiger partial charge in [-0.05, 0) is 64.2 Å². The number of esters is 3. The van der Waals surface area contributed by atoms with Crippen LogP contribution in [0.1, 0.15) is 400 Å². The molecule has 1 atom stereocenters. The van der Waals surface area contributed by atoms with Gasteiger partial charge in [-0.15, -0.1) is 0 Å². The lowest BCUT2D eigenvalue weighted by molar-refractivity contribution is -0.167. The maximum absolute atomic E-state index is 12.9. The van der Waals surface area contributed by atoms with Crippen LogP contribution in [0.5, 0.6) is 0 Å². The molecule has 0 saturated carbocycles. The van der Waals surface area contributed by atoms with Gasteiger partial charge in [-0.2, -0.15) is 0 Å². The lowest BCUT2D eigenvalue weighted by atomic mass is 10.0. The second-order valence-electron chi connectivity index (χ2n) is 24.1. The second kappa shape index (κ2) is 67.4. The van der Waals surface area contributed by atoms with Gasteiger partial charge < -0.3 is 14.2 Å². The van der Waals surface area contributed by atoms with Gasteiger partial charge in [-0.1, -0.05) is 340 Å². The fourth-order valence-corrected chi connectivity index (χ4v) is 10.9. The third-order valence-corrected chi connectivity index (χ3v) is 16.2. The number of allylic oxidation sites excluding steroid dienone is 4. The standard InChI is InChI=1S/C72H136O6/c1-4-7-10-13-16-19-22-24-26-28-30-32-33-34-35-36-37-38-39-41-42-44-46-48-50-53-56-59-62-65-71(74)77-68-69(67-76-70(73)64-61-58-55-52-21-18-15-12-9-6-3)78-72(75)66-63-60-57-54-51-49-47-45-43-40-31-29-27-25-23-20-17-14-11-8-5-2/h12,15,28,30,69H,4-11,13-14,16-27,29,31-68H2,1-3H3/b15-12-,30-28-. The van der Waals surface area contributed by atoms with E-state index in [1.165, 1.54) is 289 Å². The number of unbranched alkanes of at least 4 members (excludes halogenated alkanes) is 51. The van der Waals surface area contributed by atoms with E-state index in [4.69, 9.17) is 14.2 Å². The molecule has 0 rings (SSSR count). The van der Waals surface area contributed by atoms with Crippen LogP contribution in [0.4, 0.5) is 0 Å². The number of rotatable bonds is 66. The Kier molecular flexibility index (Phi) is 65.6. The molecule has 0 aromatic carbocycles. The van der Waals surface area contributed by atoms with Crippen LogP contribution >= 0.6 is 0 Å². The van der Waals surface area contributed by atoms with Crippen molar-refractivity contribution in [2.75, 3.05) is 13.2 Å². The van der Waals surface area contributed by atoms with Crippen LogP contribution in [0.3, 0.4) is 0 Å². The third kappa shape index (κ3) is 64.7. The largest absolute Gasteiger partial charge is 0.462 e. The monoisotopic (exact) mass is 1100 g/mol. The number of ether oxygens (including phenoxy) is 3. The first-order valence-electron chi connectivity index (χ1n) is 35.3. The Hall–Kier alpha value is -2.11. The molecule has 6 nitrogen and oxygen atoms in total. The van der Waals surface area contributed by atoms with Gasteiger partial charge in [-0.3, -0.25) is 14.4 Å². The first-order chi connectivity index (χ1) is 38.5. The number of carbonyl (C=O) groups is 3. The SMILES string of the molecule is CCC/C=C\CCCCCCCC(=O)OCC(COC(=O)CCCCCCCCCCCCCCCCCCC/C=C\CCCCCCCCCC)OC(=O)CCCCCCCCCCCCCCCCCCCCCCC. The summed E-state index contributed by atoms with van der Waals surface area (Å²) in [5.41, 5.74) is 0. The smallest absolute Gasteiger partial charge is 0.306 e. The van der Waals surface area contributed by atoms with Crippen LogP contribution in [0.15, 0.2) is 24.3 Å². The van der Waals surface area contributed by atoms with Crippen LogP contribution in [-0.4, -0.2) is 37.2 Å². The van der Waals surface area contributed by atoms with Crippen molar-refractivity contribution in [3.8, 4) is 0 Å². The highest BCUT2D eigenvalue weighted by molar-refractivity contribution is 5.71. The minimum atomic E-state index is -0.771. The van der Waals surface area contributed by atoms with E-state index >= 15 is 0 Å². The molecule has 0 N–H and O–H groups in total. The van der Waals surface area contributed by atoms with E-state index in [-0.39, 0.29) is 31.1 Å². The highest BCUT2D eigenvalue weighted by Gasteiger charge is 2.19.